The molecule has 0 saturated carbocycles. The average Bonchev–Trinajstić information content (AvgIpc) is 2.28. The van der Waals surface area contributed by atoms with Crippen LogP contribution >= 0.6 is 15.9 Å². The van der Waals surface area contributed by atoms with Gasteiger partial charge in [-0.2, -0.15) is 5.26 Å². The van der Waals surface area contributed by atoms with E-state index >= 15 is 0 Å². The van der Waals surface area contributed by atoms with Gasteiger partial charge in [0.25, 0.3) is 0 Å². The second-order valence-corrected chi connectivity index (χ2v) is 4.61. The normalized spacial score (nSPS) is 10.2. The SMILES string of the molecule is CN(CCC#N)Cc1ccc(C(=O)O)cc1Br. The number of hydrogen-bond donors (Lipinski definition) is 1. The zero-order valence-electron chi connectivity index (χ0n) is 9.48. The van der Waals surface area contributed by atoms with Gasteiger partial charge in [-0.25, -0.2) is 4.79 Å². The topological polar surface area (TPSA) is 64.3 Å². The van der Waals surface area contributed by atoms with E-state index in [1.807, 2.05) is 11.9 Å². The van der Waals surface area contributed by atoms with Crippen LogP contribution in [-0.4, -0.2) is 29.6 Å². The predicted molar refractivity (Wildman–Crippen MR) is 67.7 cm³/mol. The summed E-state index contributed by atoms with van der Waals surface area (Å²) in [6.45, 7) is 1.38. The highest BCUT2D eigenvalue weighted by Gasteiger charge is 2.08. The van der Waals surface area contributed by atoms with Crippen LogP contribution in [0.4, 0.5) is 0 Å². The Labute approximate surface area is 109 Å². The lowest BCUT2D eigenvalue weighted by atomic mass is 10.1. The number of carboxylic acids is 1. The Morgan fingerprint density at radius 3 is 2.82 bits per heavy atom. The summed E-state index contributed by atoms with van der Waals surface area (Å²) in [5.41, 5.74) is 1.27. The Balaban J connectivity index is 2.73. The van der Waals surface area contributed by atoms with Crippen molar-refractivity contribution >= 4 is 21.9 Å². The summed E-state index contributed by atoms with van der Waals surface area (Å²) in [5, 5.41) is 17.3. The highest BCUT2D eigenvalue weighted by atomic mass is 79.9. The standard InChI is InChI=1S/C12H13BrN2O2/c1-15(6-2-5-14)8-10-4-3-9(12(16)17)7-11(10)13/h3-4,7H,2,6,8H2,1H3,(H,16,17). The monoisotopic (exact) mass is 296 g/mol. The lowest BCUT2D eigenvalue weighted by Crippen LogP contribution is -2.19. The number of benzene rings is 1. The van der Waals surface area contributed by atoms with Crippen molar-refractivity contribution in [3.63, 3.8) is 0 Å². The Bertz CT molecular complexity index is 454. The minimum atomic E-state index is -0.935. The first-order valence-corrected chi connectivity index (χ1v) is 5.91. The lowest BCUT2D eigenvalue weighted by Gasteiger charge is -2.16. The van der Waals surface area contributed by atoms with E-state index in [1.165, 1.54) is 0 Å². The molecule has 0 heterocycles. The number of nitrogens with zero attached hydrogens (tertiary/aromatic N) is 2. The molecule has 0 amide bonds. The first-order chi connectivity index (χ1) is 8.04. The van der Waals surface area contributed by atoms with Crippen molar-refractivity contribution in [1.82, 2.24) is 4.90 Å². The summed E-state index contributed by atoms with van der Waals surface area (Å²) in [6, 6.07) is 7.06. The second-order valence-electron chi connectivity index (χ2n) is 3.76. The first kappa shape index (κ1) is 13.7. The van der Waals surface area contributed by atoms with Gasteiger partial charge in [0.2, 0.25) is 0 Å². The maximum absolute atomic E-state index is 10.8. The minimum absolute atomic E-state index is 0.264. The van der Waals surface area contributed by atoms with Gasteiger partial charge < -0.3 is 10.0 Å². The van der Waals surface area contributed by atoms with E-state index in [4.69, 9.17) is 10.4 Å². The molecule has 90 valence electrons. The van der Waals surface area contributed by atoms with Gasteiger partial charge >= 0.3 is 5.97 Å². The number of carboxylic acid groups (broad SMARTS) is 1. The van der Waals surface area contributed by atoms with Gasteiger partial charge in [-0.05, 0) is 24.7 Å². The summed E-state index contributed by atoms with van der Waals surface area (Å²) >= 11 is 3.36. The molecule has 1 N–H and O–H groups in total. The molecule has 1 aromatic carbocycles. The fourth-order valence-electron chi connectivity index (χ4n) is 1.42. The highest BCUT2D eigenvalue weighted by molar-refractivity contribution is 9.10. The molecule has 17 heavy (non-hydrogen) atoms. The first-order valence-electron chi connectivity index (χ1n) is 5.12. The van der Waals surface area contributed by atoms with Crippen LogP contribution in [0, 0.1) is 11.3 Å². The van der Waals surface area contributed by atoms with Crippen molar-refractivity contribution in [1.29, 1.82) is 5.26 Å². The molecule has 0 atom stereocenters. The van der Waals surface area contributed by atoms with Crippen LogP contribution in [0.3, 0.4) is 0 Å². The van der Waals surface area contributed by atoms with Gasteiger partial charge in [0.05, 0.1) is 11.6 Å². The third-order valence-corrected chi connectivity index (χ3v) is 3.08. The molecule has 0 bridgehead atoms. The second kappa shape index (κ2) is 6.38. The maximum Gasteiger partial charge on any atom is 0.335 e. The van der Waals surface area contributed by atoms with E-state index in [-0.39, 0.29) is 5.56 Å². The van der Waals surface area contributed by atoms with Gasteiger partial charge in [0.1, 0.15) is 0 Å². The number of aromatic carboxylic acids is 1. The fourth-order valence-corrected chi connectivity index (χ4v) is 1.92. The number of halogens is 1. The molecule has 5 heteroatoms. The van der Waals surface area contributed by atoms with Crippen molar-refractivity contribution in [2.75, 3.05) is 13.6 Å². The van der Waals surface area contributed by atoms with Crippen LogP contribution < -0.4 is 0 Å². The van der Waals surface area contributed by atoms with Crippen LogP contribution in [0.25, 0.3) is 0 Å². The van der Waals surface area contributed by atoms with Gasteiger partial charge in [-0.3, -0.25) is 0 Å². The van der Waals surface area contributed by atoms with E-state index in [1.54, 1.807) is 18.2 Å². The molecule has 0 aliphatic rings. The molecular formula is C12H13BrN2O2. The molecule has 0 aliphatic carbocycles. The Hall–Kier alpha value is -1.38. The Morgan fingerprint density at radius 1 is 1.59 bits per heavy atom. The van der Waals surface area contributed by atoms with Crippen molar-refractivity contribution < 1.29 is 9.90 Å². The smallest absolute Gasteiger partial charge is 0.335 e. The molecule has 1 rings (SSSR count). The van der Waals surface area contributed by atoms with Crippen LogP contribution in [0.2, 0.25) is 0 Å². The molecule has 0 radical (unpaired) electrons. The molecule has 4 nitrogen and oxygen atoms in total. The molecule has 0 fully saturated rings. The average molecular weight is 297 g/mol. The quantitative estimate of drug-likeness (QED) is 0.907. The van der Waals surface area contributed by atoms with Crippen LogP contribution in [-0.2, 0) is 6.54 Å². The van der Waals surface area contributed by atoms with E-state index in [0.717, 1.165) is 10.0 Å². The van der Waals surface area contributed by atoms with E-state index in [0.29, 0.717) is 19.5 Å². The van der Waals surface area contributed by atoms with Gasteiger partial charge in [-0.1, -0.05) is 22.0 Å². The van der Waals surface area contributed by atoms with Gasteiger partial charge in [0.15, 0.2) is 0 Å². The predicted octanol–water partition coefficient (Wildman–Crippen LogP) is 2.49. The van der Waals surface area contributed by atoms with Crippen LogP contribution in [0.1, 0.15) is 22.3 Å². The van der Waals surface area contributed by atoms with E-state index in [9.17, 15) is 4.79 Å². The summed E-state index contributed by atoms with van der Waals surface area (Å²) in [5.74, 6) is -0.935. The zero-order valence-corrected chi connectivity index (χ0v) is 11.1. The summed E-state index contributed by atoms with van der Waals surface area (Å²) in [4.78, 5) is 12.8. The summed E-state index contributed by atoms with van der Waals surface area (Å²) < 4.78 is 0.779. The zero-order chi connectivity index (χ0) is 12.8. The van der Waals surface area contributed by atoms with E-state index < -0.39 is 5.97 Å². The van der Waals surface area contributed by atoms with Crippen molar-refractivity contribution in [3.8, 4) is 6.07 Å². The Kier molecular flexibility index (Phi) is 5.13. The summed E-state index contributed by atoms with van der Waals surface area (Å²) in [7, 11) is 1.93. The van der Waals surface area contributed by atoms with E-state index in [2.05, 4.69) is 22.0 Å². The summed E-state index contributed by atoms with van der Waals surface area (Å²) in [6.07, 6.45) is 0.487. The third-order valence-electron chi connectivity index (χ3n) is 2.35. The highest BCUT2D eigenvalue weighted by Crippen LogP contribution is 2.20. The molecule has 0 spiro atoms. The Morgan fingerprint density at radius 2 is 2.29 bits per heavy atom. The number of hydrogen-bond acceptors (Lipinski definition) is 3. The third kappa shape index (κ3) is 4.17. The maximum atomic E-state index is 10.8. The molecular weight excluding hydrogens is 284 g/mol. The fraction of sp³-hybridized carbons (Fsp3) is 0.333. The van der Waals surface area contributed by atoms with Crippen molar-refractivity contribution in [3.05, 3.63) is 33.8 Å². The molecule has 0 unspecified atom stereocenters. The van der Waals surface area contributed by atoms with Crippen LogP contribution in [0.15, 0.2) is 22.7 Å². The van der Waals surface area contributed by atoms with Crippen molar-refractivity contribution in [2.24, 2.45) is 0 Å². The van der Waals surface area contributed by atoms with Crippen molar-refractivity contribution in [2.45, 2.75) is 13.0 Å². The number of nitriles is 1. The molecule has 0 aromatic heterocycles. The molecule has 1 aromatic rings. The molecule has 0 aliphatic heterocycles. The largest absolute Gasteiger partial charge is 0.478 e. The van der Waals surface area contributed by atoms with Gasteiger partial charge in [0, 0.05) is 24.0 Å². The van der Waals surface area contributed by atoms with Gasteiger partial charge in [-0.15, -0.1) is 0 Å². The van der Waals surface area contributed by atoms with Crippen LogP contribution in [0.5, 0.6) is 0 Å². The molecule has 0 saturated heterocycles. The minimum Gasteiger partial charge on any atom is -0.478 e. The number of carbonyl (C=O) groups is 1. The number of rotatable bonds is 5. The lowest BCUT2D eigenvalue weighted by molar-refractivity contribution is 0.0697.